The molecule has 1 saturated heterocycles. The Bertz CT molecular complexity index is 1290. The van der Waals surface area contributed by atoms with Crippen LogP contribution < -0.4 is 4.74 Å². The molecule has 0 aliphatic carbocycles. The lowest BCUT2D eigenvalue weighted by Gasteiger charge is -2.18. The zero-order valence-corrected chi connectivity index (χ0v) is 20.9. The predicted molar refractivity (Wildman–Crippen MR) is 137 cm³/mol. The van der Waals surface area contributed by atoms with E-state index < -0.39 is 23.2 Å². The van der Waals surface area contributed by atoms with Crippen molar-refractivity contribution in [1.29, 1.82) is 0 Å². The molecule has 1 aliphatic rings. The van der Waals surface area contributed by atoms with Crippen molar-refractivity contribution < 1.29 is 23.9 Å². The summed E-state index contributed by atoms with van der Waals surface area (Å²) >= 11 is 2.99. The van der Waals surface area contributed by atoms with Gasteiger partial charge < -0.3 is 9.47 Å². The first-order valence-corrected chi connectivity index (χ1v) is 12.0. The fourth-order valence-electron chi connectivity index (χ4n) is 3.45. The average Bonchev–Trinajstić information content (AvgIpc) is 3.09. The standard InChI is InChI=1S/C25H20INO5S/c1-15(24(29)31-2)27-23(28)22(33-25(27)30)13-16-8-10-21(20(26)12-16)32-14-17-7-9-18-5-3-4-6-19(18)11-17/h3-13,15H,14H2,1-2H3/b22-13+/t15-/m0/s1. The number of hydrogen-bond donors (Lipinski definition) is 0. The molecule has 8 heteroatoms. The quantitative estimate of drug-likeness (QED) is 0.217. The van der Waals surface area contributed by atoms with Crippen molar-refractivity contribution in [2.45, 2.75) is 19.6 Å². The Balaban J connectivity index is 1.47. The van der Waals surface area contributed by atoms with Crippen LogP contribution in [0.25, 0.3) is 16.8 Å². The van der Waals surface area contributed by atoms with Crippen molar-refractivity contribution in [3.05, 3.63) is 80.3 Å². The first-order valence-electron chi connectivity index (χ1n) is 10.1. The third kappa shape index (κ3) is 5.06. The smallest absolute Gasteiger partial charge is 0.328 e. The van der Waals surface area contributed by atoms with E-state index in [4.69, 9.17) is 4.74 Å². The number of carbonyl (C=O) groups excluding carboxylic acids is 3. The molecule has 33 heavy (non-hydrogen) atoms. The summed E-state index contributed by atoms with van der Waals surface area (Å²) in [7, 11) is 1.22. The molecule has 168 valence electrons. The van der Waals surface area contributed by atoms with Crippen molar-refractivity contribution in [3.63, 3.8) is 0 Å². The molecule has 0 bridgehead atoms. The van der Waals surface area contributed by atoms with Crippen molar-refractivity contribution in [2.75, 3.05) is 7.11 Å². The van der Waals surface area contributed by atoms with Crippen LogP contribution in [0.4, 0.5) is 4.79 Å². The van der Waals surface area contributed by atoms with Gasteiger partial charge in [0.25, 0.3) is 11.1 Å². The lowest BCUT2D eigenvalue weighted by atomic mass is 10.1. The number of halogens is 1. The first-order chi connectivity index (χ1) is 15.9. The molecule has 0 N–H and O–H groups in total. The molecule has 0 radical (unpaired) electrons. The van der Waals surface area contributed by atoms with Gasteiger partial charge in [-0.2, -0.15) is 0 Å². The molecule has 1 aliphatic heterocycles. The van der Waals surface area contributed by atoms with Gasteiger partial charge in [0.05, 0.1) is 15.6 Å². The fraction of sp³-hybridized carbons (Fsp3) is 0.160. The van der Waals surface area contributed by atoms with Crippen LogP contribution in [0.5, 0.6) is 5.75 Å². The van der Waals surface area contributed by atoms with E-state index in [-0.39, 0.29) is 4.91 Å². The minimum atomic E-state index is -0.973. The molecule has 4 rings (SSSR count). The second-order valence-corrected chi connectivity index (χ2v) is 9.57. The highest BCUT2D eigenvalue weighted by Crippen LogP contribution is 2.34. The number of fused-ring (bicyclic) bond motifs is 1. The normalized spacial score (nSPS) is 15.8. The van der Waals surface area contributed by atoms with Crippen molar-refractivity contribution in [3.8, 4) is 5.75 Å². The molecule has 3 aromatic rings. The number of methoxy groups -OCH3 is 1. The number of amides is 2. The SMILES string of the molecule is COC(=O)[C@H](C)N1C(=O)S/C(=C/c2ccc(OCc3ccc4ccccc4c3)c(I)c2)C1=O. The number of imide groups is 1. The molecule has 0 spiro atoms. The predicted octanol–water partition coefficient (Wildman–Crippen LogP) is 5.62. The van der Waals surface area contributed by atoms with Gasteiger partial charge in [-0.1, -0.05) is 42.5 Å². The zero-order valence-electron chi connectivity index (χ0n) is 17.9. The largest absolute Gasteiger partial charge is 0.488 e. The summed E-state index contributed by atoms with van der Waals surface area (Å²) in [5, 5.41) is 1.86. The fourth-order valence-corrected chi connectivity index (χ4v) is 5.06. The van der Waals surface area contributed by atoms with E-state index in [9.17, 15) is 14.4 Å². The van der Waals surface area contributed by atoms with Gasteiger partial charge in [-0.25, -0.2) is 4.79 Å². The summed E-state index contributed by atoms with van der Waals surface area (Å²) < 4.78 is 11.5. The van der Waals surface area contributed by atoms with Gasteiger partial charge in [0.2, 0.25) is 0 Å². The topological polar surface area (TPSA) is 72.9 Å². The number of carbonyl (C=O) groups is 3. The number of rotatable bonds is 6. The number of hydrogen-bond acceptors (Lipinski definition) is 6. The van der Waals surface area contributed by atoms with Crippen LogP contribution >= 0.6 is 34.4 Å². The van der Waals surface area contributed by atoms with Crippen LogP contribution in [0.3, 0.4) is 0 Å². The van der Waals surface area contributed by atoms with Crippen molar-refractivity contribution in [1.82, 2.24) is 4.90 Å². The van der Waals surface area contributed by atoms with Gasteiger partial charge in [-0.3, -0.25) is 14.5 Å². The monoisotopic (exact) mass is 573 g/mol. The molecule has 1 atom stereocenters. The maximum Gasteiger partial charge on any atom is 0.328 e. The summed E-state index contributed by atoms with van der Waals surface area (Å²) in [6, 6.07) is 19.0. The molecule has 1 fully saturated rings. The number of ether oxygens (including phenoxy) is 2. The molecular formula is C25H20INO5S. The van der Waals surface area contributed by atoms with E-state index in [1.54, 1.807) is 6.08 Å². The van der Waals surface area contributed by atoms with Gasteiger partial charge in [-0.05, 0) is 87.5 Å². The Labute approximate surface area is 209 Å². The summed E-state index contributed by atoms with van der Waals surface area (Å²) in [5.41, 5.74) is 1.83. The van der Waals surface area contributed by atoms with Gasteiger partial charge in [-0.15, -0.1) is 0 Å². The second kappa shape index (κ2) is 9.96. The molecule has 6 nitrogen and oxygen atoms in total. The van der Waals surface area contributed by atoms with E-state index in [2.05, 4.69) is 57.7 Å². The number of nitrogens with zero attached hydrogens (tertiary/aromatic N) is 1. The molecular weight excluding hydrogens is 553 g/mol. The molecule has 2 amide bonds. The third-order valence-corrected chi connectivity index (χ3v) is 6.94. The highest BCUT2D eigenvalue weighted by Gasteiger charge is 2.41. The highest BCUT2D eigenvalue weighted by atomic mass is 127. The van der Waals surface area contributed by atoms with Gasteiger partial charge >= 0.3 is 5.97 Å². The van der Waals surface area contributed by atoms with E-state index in [0.29, 0.717) is 6.61 Å². The average molecular weight is 573 g/mol. The highest BCUT2D eigenvalue weighted by molar-refractivity contribution is 14.1. The van der Waals surface area contributed by atoms with Crippen LogP contribution in [-0.4, -0.2) is 35.2 Å². The van der Waals surface area contributed by atoms with Gasteiger partial charge in [0, 0.05) is 0 Å². The van der Waals surface area contributed by atoms with Crippen molar-refractivity contribution in [2.24, 2.45) is 0 Å². The summed E-state index contributed by atoms with van der Waals surface area (Å²) in [6.45, 7) is 1.90. The Kier molecular flexibility index (Phi) is 7.04. The summed E-state index contributed by atoms with van der Waals surface area (Å²) in [5.74, 6) is -0.413. The van der Waals surface area contributed by atoms with E-state index in [1.807, 2.05) is 30.3 Å². The summed E-state index contributed by atoms with van der Waals surface area (Å²) in [6.07, 6.45) is 1.64. The minimum absolute atomic E-state index is 0.261. The maximum absolute atomic E-state index is 12.7. The lowest BCUT2D eigenvalue weighted by molar-refractivity contribution is -0.148. The second-order valence-electron chi connectivity index (χ2n) is 7.41. The number of esters is 1. The Hall–Kier alpha value is -2.85. The van der Waals surface area contributed by atoms with Gasteiger partial charge in [0.1, 0.15) is 18.4 Å². The first kappa shape index (κ1) is 23.3. The molecule has 0 aromatic heterocycles. The van der Waals surface area contributed by atoms with Crippen molar-refractivity contribution >= 4 is 68.3 Å². The van der Waals surface area contributed by atoms with E-state index in [1.165, 1.54) is 24.8 Å². The van der Waals surface area contributed by atoms with Crippen LogP contribution in [0.2, 0.25) is 0 Å². The third-order valence-electron chi connectivity index (χ3n) is 5.22. The van der Waals surface area contributed by atoms with Crippen LogP contribution in [-0.2, 0) is 20.9 Å². The Morgan fingerprint density at radius 3 is 2.58 bits per heavy atom. The maximum atomic E-state index is 12.7. The van der Waals surface area contributed by atoms with Crippen LogP contribution in [0.1, 0.15) is 18.1 Å². The molecule has 0 unspecified atom stereocenters. The molecule has 3 aromatic carbocycles. The Morgan fingerprint density at radius 1 is 1.09 bits per heavy atom. The number of benzene rings is 3. The lowest BCUT2D eigenvalue weighted by Crippen LogP contribution is -2.42. The Morgan fingerprint density at radius 2 is 1.85 bits per heavy atom. The minimum Gasteiger partial charge on any atom is -0.488 e. The number of thioether (sulfide) groups is 1. The van der Waals surface area contributed by atoms with Crippen LogP contribution in [0, 0.1) is 3.57 Å². The zero-order chi connectivity index (χ0) is 23.5. The summed E-state index contributed by atoms with van der Waals surface area (Å²) in [4.78, 5) is 37.9. The molecule has 0 saturated carbocycles. The molecule has 1 heterocycles. The van der Waals surface area contributed by atoms with E-state index in [0.717, 1.165) is 37.1 Å². The van der Waals surface area contributed by atoms with Gasteiger partial charge in [0.15, 0.2) is 0 Å². The van der Waals surface area contributed by atoms with E-state index >= 15 is 0 Å². The van der Waals surface area contributed by atoms with Crippen LogP contribution in [0.15, 0.2) is 65.6 Å².